The van der Waals surface area contributed by atoms with Crippen LogP contribution in [0.3, 0.4) is 0 Å². The molecular weight excluding hydrogens is 761 g/mol. The predicted octanol–water partition coefficient (Wildman–Crippen LogP) is 12.2. The maximum atomic E-state index is 12.3. The van der Waals surface area contributed by atoms with E-state index in [4.69, 9.17) is 14.2 Å². The average Bonchev–Trinajstić information content (AvgIpc) is 3.16. The van der Waals surface area contributed by atoms with Gasteiger partial charge in [0.05, 0.1) is 6.10 Å². The summed E-state index contributed by atoms with van der Waals surface area (Å²) in [5, 5.41) is 32.0. The van der Waals surface area contributed by atoms with Gasteiger partial charge in [0.25, 0.3) is 0 Å². The van der Waals surface area contributed by atoms with Crippen LogP contribution in [-0.4, -0.2) is 64.7 Å². The molecule has 6 atom stereocenters. The van der Waals surface area contributed by atoms with Gasteiger partial charge in [-0.3, -0.25) is 4.79 Å². The van der Waals surface area contributed by atoms with Crippen LogP contribution < -0.4 is 0 Å². The Morgan fingerprint density at radius 1 is 0.738 bits per heavy atom. The Hall–Kier alpha value is -3.59. The minimum absolute atomic E-state index is 0.225. The summed E-state index contributed by atoms with van der Waals surface area (Å²) in [4.78, 5) is 12.3. The van der Waals surface area contributed by atoms with Crippen LogP contribution in [-0.2, 0) is 19.0 Å². The van der Waals surface area contributed by atoms with Crippen molar-refractivity contribution in [1.29, 1.82) is 0 Å². The summed E-state index contributed by atoms with van der Waals surface area (Å²) in [6.45, 7) is 25.9. The number of allylic oxidation sites excluding steroid dienone is 21. The second-order valence-corrected chi connectivity index (χ2v) is 19.4. The zero-order valence-corrected chi connectivity index (χ0v) is 39.7. The van der Waals surface area contributed by atoms with Gasteiger partial charge in [0.2, 0.25) is 0 Å². The van der Waals surface area contributed by atoms with Gasteiger partial charge in [-0.15, -0.1) is 0 Å². The Balaban J connectivity index is 1.51. The molecule has 7 heteroatoms. The zero-order chi connectivity index (χ0) is 45.3. The highest BCUT2D eigenvalue weighted by molar-refractivity contribution is 5.69. The number of aliphatic hydroxyl groups is 3. The first kappa shape index (κ1) is 51.8. The first-order chi connectivity index (χ1) is 28.7. The van der Waals surface area contributed by atoms with Crippen molar-refractivity contribution in [3.05, 3.63) is 130 Å². The minimum Gasteiger partial charge on any atom is -0.463 e. The maximum Gasteiger partial charge on any atom is 0.305 e. The molecule has 1 aliphatic heterocycles. The number of hydrogen-bond donors (Lipinski definition) is 3. The molecule has 0 radical (unpaired) electrons. The fourth-order valence-electron chi connectivity index (χ4n) is 8.45. The van der Waals surface area contributed by atoms with E-state index in [1.807, 2.05) is 0 Å². The van der Waals surface area contributed by atoms with E-state index in [-0.39, 0.29) is 35.9 Å². The topological polar surface area (TPSA) is 105 Å². The third-order valence-corrected chi connectivity index (χ3v) is 12.1. The summed E-state index contributed by atoms with van der Waals surface area (Å²) in [6.07, 6.45) is 31.2. The van der Waals surface area contributed by atoms with Gasteiger partial charge >= 0.3 is 5.97 Å². The lowest BCUT2D eigenvalue weighted by Gasteiger charge is -2.43. The lowest BCUT2D eigenvalue weighted by atomic mass is 9.71. The standard InChI is InChI=1S/C54H80O7/c1-37(2)20-13-16-28-48(55)59-36-47-49(56)50(57)51(58)52(61-47)60-44-34-43(8)46(54(11,12)35-44)32-30-41(6)26-18-24-39(4)22-15-14-21-38(3)23-17-25-40(5)29-31-45-42(7)27-19-33-53(45,9)10/h14-15,17-18,21-26,29-32,37,44,47,49-52,56-58H,13,16,19-20,27-28,33-36H2,1-12H3/b15-14+,23-17+,24-18+,31-29+,32-30+,38-21+,39-22+,40-25+,41-26+/t44-,47-,49-,50+,51-,52?/m1/s1. The van der Waals surface area contributed by atoms with Gasteiger partial charge < -0.3 is 29.5 Å². The lowest BCUT2D eigenvalue weighted by Crippen LogP contribution is -2.60. The summed E-state index contributed by atoms with van der Waals surface area (Å²) in [5.41, 5.74) is 10.1. The predicted molar refractivity (Wildman–Crippen MR) is 253 cm³/mol. The van der Waals surface area contributed by atoms with Gasteiger partial charge in [0.1, 0.15) is 31.0 Å². The first-order valence-electron chi connectivity index (χ1n) is 22.7. The summed E-state index contributed by atoms with van der Waals surface area (Å²) in [6, 6.07) is 0. The van der Waals surface area contributed by atoms with Crippen molar-refractivity contribution in [2.75, 3.05) is 6.61 Å². The van der Waals surface area contributed by atoms with Gasteiger partial charge in [-0.1, -0.05) is 173 Å². The molecule has 7 nitrogen and oxygen atoms in total. The van der Waals surface area contributed by atoms with E-state index in [9.17, 15) is 20.1 Å². The molecule has 0 aromatic rings. The van der Waals surface area contributed by atoms with Crippen molar-refractivity contribution in [1.82, 2.24) is 0 Å². The van der Waals surface area contributed by atoms with Gasteiger partial charge in [-0.2, -0.15) is 0 Å². The molecule has 0 bridgehead atoms. The van der Waals surface area contributed by atoms with Crippen molar-refractivity contribution in [3.63, 3.8) is 0 Å². The first-order valence-corrected chi connectivity index (χ1v) is 22.7. The van der Waals surface area contributed by atoms with E-state index in [2.05, 4.69) is 168 Å². The number of hydrogen-bond acceptors (Lipinski definition) is 7. The number of ether oxygens (including phenoxy) is 3. The second-order valence-electron chi connectivity index (χ2n) is 19.4. The van der Waals surface area contributed by atoms with Gasteiger partial charge in [-0.05, 0) is 108 Å². The summed E-state index contributed by atoms with van der Waals surface area (Å²) < 4.78 is 17.6. The number of aliphatic hydroxyl groups excluding tert-OH is 3. The van der Waals surface area contributed by atoms with Crippen LogP contribution in [0.15, 0.2) is 130 Å². The third-order valence-electron chi connectivity index (χ3n) is 12.1. The summed E-state index contributed by atoms with van der Waals surface area (Å²) in [7, 11) is 0. The highest BCUT2D eigenvalue weighted by Crippen LogP contribution is 2.43. The molecule has 61 heavy (non-hydrogen) atoms. The zero-order valence-electron chi connectivity index (χ0n) is 39.7. The van der Waals surface area contributed by atoms with E-state index >= 15 is 0 Å². The Labute approximate surface area is 369 Å². The Bertz CT molecular complexity index is 1800. The molecule has 1 saturated heterocycles. The highest BCUT2D eigenvalue weighted by atomic mass is 16.7. The molecule has 1 heterocycles. The molecule has 3 N–H and O–H groups in total. The molecule has 0 amide bonds. The molecule has 0 aromatic heterocycles. The second kappa shape index (κ2) is 24.9. The maximum absolute atomic E-state index is 12.3. The molecule has 2 aliphatic carbocycles. The largest absolute Gasteiger partial charge is 0.463 e. The van der Waals surface area contributed by atoms with E-state index in [0.717, 1.165) is 30.4 Å². The molecule has 338 valence electrons. The Morgan fingerprint density at radius 3 is 1.82 bits per heavy atom. The van der Waals surface area contributed by atoms with Crippen LogP contribution >= 0.6 is 0 Å². The lowest BCUT2D eigenvalue weighted by molar-refractivity contribution is -0.313. The van der Waals surface area contributed by atoms with Crippen molar-refractivity contribution in [3.8, 4) is 0 Å². The molecular formula is C54H80O7. The van der Waals surface area contributed by atoms with Crippen LogP contribution in [0.4, 0.5) is 0 Å². The molecule has 3 aliphatic rings. The van der Waals surface area contributed by atoms with E-state index in [0.29, 0.717) is 18.8 Å². The minimum atomic E-state index is -1.49. The molecule has 0 saturated carbocycles. The number of esters is 1. The fraction of sp³-hybridized carbons (Fsp3) is 0.574. The number of unbranched alkanes of at least 4 members (excludes halogenated alkanes) is 1. The number of rotatable bonds is 19. The monoisotopic (exact) mass is 841 g/mol. The molecule has 0 spiro atoms. The number of carbonyl (C=O) groups is 1. The molecule has 0 aromatic carbocycles. The van der Waals surface area contributed by atoms with Crippen molar-refractivity contribution in [2.45, 2.75) is 178 Å². The Kier molecular flexibility index (Phi) is 21.1. The summed E-state index contributed by atoms with van der Waals surface area (Å²) >= 11 is 0. The van der Waals surface area contributed by atoms with Crippen molar-refractivity contribution >= 4 is 5.97 Å². The van der Waals surface area contributed by atoms with Crippen LogP contribution in [0.2, 0.25) is 0 Å². The van der Waals surface area contributed by atoms with Crippen LogP contribution in [0, 0.1) is 16.7 Å². The SMILES string of the molecule is CC1=C(/C=C/C(C)=C/C=C/C(C)=C/C=C/C=C(C)/C=C/C=C(C)/C=C/C2=C(C)C[C@@H](OC3O[C@H](COC(=O)CCCCC(C)C)[C@@H](O)[C@H](O)[C@H]3O)CC2(C)C)C(C)(C)CCC1. The van der Waals surface area contributed by atoms with E-state index < -0.39 is 30.7 Å². The van der Waals surface area contributed by atoms with Gasteiger partial charge in [0, 0.05) is 6.42 Å². The van der Waals surface area contributed by atoms with Crippen molar-refractivity contribution in [2.24, 2.45) is 16.7 Å². The van der Waals surface area contributed by atoms with Gasteiger partial charge in [0.15, 0.2) is 6.29 Å². The van der Waals surface area contributed by atoms with Crippen LogP contribution in [0.5, 0.6) is 0 Å². The average molecular weight is 841 g/mol. The van der Waals surface area contributed by atoms with E-state index in [1.165, 1.54) is 52.7 Å². The van der Waals surface area contributed by atoms with E-state index in [1.54, 1.807) is 0 Å². The smallest absolute Gasteiger partial charge is 0.305 e. The number of carbonyl (C=O) groups excluding carboxylic acids is 1. The third kappa shape index (κ3) is 17.6. The highest BCUT2D eigenvalue weighted by Gasteiger charge is 2.46. The summed E-state index contributed by atoms with van der Waals surface area (Å²) in [5.74, 6) is 0.205. The van der Waals surface area contributed by atoms with Crippen LogP contribution in [0.25, 0.3) is 0 Å². The fourth-order valence-corrected chi connectivity index (χ4v) is 8.45. The normalized spacial score (nSPS) is 27.3. The Morgan fingerprint density at radius 2 is 1.28 bits per heavy atom. The van der Waals surface area contributed by atoms with Gasteiger partial charge in [-0.25, -0.2) is 0 Å². The molecule has 1 fully saturated rings. The van der Waals surface area contributed by atoms with Crippen molar-refractivity contribution < 1.29 is 34.3 Å². The molecule has 3 rings (SSSR count). The quantitative estimate of drug-likeness (QED) is 0.0676. The van der Waals surface area contributed by atoms with Crippen LogP contribution in [0.1, 0.15) is 141 Å². The molecule has 1 unspecified atom stereocenters.